The molecule has 0 aliphatic heterocycles. The third kappa shape index (κ3) is 4.11. The average molecular weight is 338 g/mol. The van der Waals surface area contributed by atoms with Crippen LogP contribution in [0.1, 0.15) is 12.7 Å². The van der Waals surface area contributed by atoms with Crippen LogP contribution in [-0.4, -0.2) is 32.2 Å². The van der Waals surface area contributed by atoms with Crippen molar-refractivity contribution >= 4 is 17.4 Å². The maximum Gasteiger partial charge on any atom is 0.323 e. The fourth-order valence-corrected chi connectivity index (χ4v) is 2.19. The number of urea groups is 1. The number of nitrogens with one attached hydrogen (secondary N) is 2. The van der Waals surface area contributed by atoms with E-state index in [0.29, 0.717) is 23.9 Å². The van der Waals surface area contributed by atoms with Gasteiger partial charge in [-0.1, -0.05) is 0 Å². The molecule has 0 atom stereocenters. The first kappa shape index (κ1) is 16.4. The number of hydrogen-bond donors (Lipinski definition) is 2. The molecule has 0 unspecified atom stereocenters. The number of carbonyl (C=O) groups excluding carboxylic acids is 1. The van der Waals surface area contributed by atoms with Crippen molar-refractivity contribution in [3.05, 3.63) is 54.9 Å². The van der Waals surface area contributed by atoms with Crippen LogP contribution in [-0.2, 0) is 0 Å². The van der Waals surface area contributed by atoms with Crippen LogP contribution in [0.15, 0.2) is 49.1 Å². The van der Waals surface area contributed by atoms with Crippen molar-refractivity contribution in [2.45, 2.75) is 13.8 Å². The number of carbonyl (C=O) groups is 1. The quantitative estimate of drug-likeness (QED) is 0.746. The highest BCUT2D eigenvalue weighted by Crippen LogP contribution is 2.16. The molecule has 1 aromatic carbocycles. The molecule has 3 aromatic rings. The lowest BCUT2D eigenvalue weighted by Crippen LogP contribution is -2.19. The molecule has 8 heteroatoms. The maximum atomic E-state index is 12.0. The zero-order valence-corrected chi connectivity index (χ0v) is 13.9. The Morgan fingerprint density at radius 1 is 1.08 bits per heavy atom. The number of imidazole rings is 1. The zero-order valence-electron chi connectivity index (χ0n) is 13.9. The number of benzene rings is 1. The molecule has 0 bridgehead atoms. The first-order valence-corrected chi connectivity index (χ1v) is 7.79. The van der Waals surface area contributed by atoms with Gasteiger partial charge in [-0.3, -0.25) is 4.57 Å². The minimum absolute atomic E-state index is 0.376. The minimum atomic E-state index is -0.376. The number of aromatic nitrogens is 4. The van der Waals surface area contributed by atoms with E-state index in [2.05, 4.69) is 25.6 Å². The smallest absolute Gasteiger partial charge is 0.323 e. The molecule has 128 valence electrons. The topological polar surface area (TPSA) is 94.0 Å². The Kier molecular flexibility index (Phi) is 4.89. The van der Waals surface area contributed by atoms with Crippen molar-refractivity contribution in [2.75, 3.05) is 17.2 Å². The van der Waals surface area contributed by atoms with Gasteiger partial charge in [0.2, 0.25) is 5.95 Å². The highest BCUT2D eigenvalue weighted by Gasteiger charge is 2.06. The number of aryl methyl sites for hydroxylation is 1. The van der Waals surface area contributed by atoms with E-state index in [9.17, 15) is 4.79 Å². The van der Waals surface area contributed by atoms with E-state index in [1.807, 2.05) is 13.8 Å². The predicted molar refractivity (Wildman–Crippen MR) is 94.1 cm³/mol. The second-order valence-electron chi connectivity index (χ2n) is 5.15. The number of hydrogen-bond acceptors (Lipinski definition) is 5. The second kappa shape index (κ2) is 7.43. The largest absolute Gasteiger partial charge is 0.494 e. The summed E-state index contributed by atoms with van der Waals surface area (Å²) in [6, 6.07) is 6.76. The van der Waals surface area contributed by atoms with E-state index in [-0.39, 0.29) is 6.03 Å². The fraction of sp³-hybridized carbons (Fsp3) is 0.176. The van der Waals surface area contributed by atoms with Gasteiger partial charge < -0.3 is 15.4 Å². The highest BCUT2D eigenvalue weighted by molar-refractivity contribution is 5.99. The molecule has 25 heavy (non-hydrogen) atoms. The molecule has 3 rings (SSSR count). The molecule has 8 nitrogen and oxygen atoms in total. The SMILES string of the molecule is CCOc1ccc(NC(=O)Nc2cnc(-n3ccnc3C)nc2)cc1. The van der Waals surface area contributed by atoms with Gasteiger partial charge in [-0.15, -0.1) is 0 Å². The summed E-state index contributed by atoms with van der Waals surface area (Å²) in [5.74, 6) is 2.04. The van der Waals surface area contributed by atoms with Crippen LogP contribution in [0.2, 0.25) is 0 Å². The Morgan fingerprint density at radius 3 is 2.36 bits per heavy atom. The average Bonchev–Trinajstić information content (AvgIpc) is 3.03. The van der Waals surface area contributed by atoms with Gasteiger partial charge in [0.15, 0.2) is 0 Å². The lowest BCUT2D eigenvalue weighted by molar-refractivity contribution is 0.262. The van der Waals surface area contributed by atoms with E-state index in [0.717, 1.165) is 11.6 Å². The van der Waals surface area contributed by atoms with E-state index in [4.69, 9.17) is 4.74 Å². The molecule has 0 saturated heterocycles. The summed E-state index contributed by atoms with van der Waals surface area (Å²) in [7, 11) is 0. The highest BCUT2D eigenvalue weighted by atomic mass is 16.5. The molecular weight excluding hydrogens is 320 g/mol. The molecule has 2 aromatic heterocycles. The van der Waals surface area contributed by atoms with Crippen molar-refractivity contribution in [3.63, 3.8) is 0 Å². The summed E-state index contributed by atoms with van der Waals surface area (Å²) >= 11 is 0. The third-order valence-electron chi connectivity index (χ3n) is 3.36. The molecule has 0 aliphatic carbocycles. The van der Waals surface area contributed by atoms with E-state index >= 15 is 0 Å². The lowest BCUT2D eigenvalue weighted by atomic mass is 10.3. The number of rotatable bonds is 5. The zero-order chi connectivity index (χ0) is 17.6. The van der Waals surface area contributed by atoms with Gasteiger partial charge in [0, 0.05) is 18.1 Å². The molecule has 0 aliphatic rings. The number of nitrogens with zero attached hydrogens (tertiary/aromatic N) is 4. The van der Waals surface area contributed by atoms with Crippen molar-refractivity contribution in [1.82, 2.24) is 19.5 Å². The van der Waals surface area contributed by atoms with Crippen LogP contribution >= 0.6 is 0 Å². The molecule has 2 heterocycles. The van der Waals surface area contributed by atoms with Crippen LogP contribution in [0, 0.1) is 6.92 Å². The first-order chi connectivity index (χ1) is 12.2. The number of anilines is 2. The molecule has 2 amide bonds. The third-order valence-corrected chi connectivity index (χ3v) is 3.36. The van der Waals surface area contributed by atoms with Crippen molar-refractivity contribution < 1.29 is 9.53 Å². The fourth-order valence-electron chi connectivity index (χ4n) is 2.19. The van der Waals surface area contributed by atoms with Gasteiger partial charge >= 0.3 is 6.03 Å². The molecule has 0 spiro atoms. The summed E-state index contributed by atoms with van der Waals surface area (Å²) in [6.07, 6.45) is 6.53. The van der Waals surface area contributed by atoms with Gasteiger partial charge in [-0.05, 0) is 38.1 Å². The molecule has 2 N–H and O–H groups in total. The standard InChI is InChI=1S/C17H18N6O2/c1-3-25-15-6-4-13(5-7-15)21-17(24)22-14-10-19-16(20-11-14)23-9-8-18-12(23)2/h4-11H,3H2,1-2H3,(H2,21,22,24). The first-order valence-electron chi connectivity index (χ1n) is 7.79. The Balaban J connectivity index is 1.60. The van der Waals surface area contributed by atoms with Gasteiger partial charge in [-0.2, -0.15) is 0 Å². The van der Waals surface area contributed by atoms with Crippen LogP contribution in [0.4, 0.5) is 16.2 Å². The summed E-state index contributed by atoms with van der Waals surface area (Å²) in [4.78, 5) is 24.6. The lowest BCUT2D eigenvalue weighted by Gasteiger charge is -2.09. The van der Waals surface area contributed by atoms with Crippen molar-refractivity contribution in [1.29, 1.82) is 0 Å². The number of amides is 2. The van der Waals surface area contributed by atoms with E-state index in [1.54, 1.807) is 53.6 Å². The van der Waals surface area contributed by atoms with Crippen molar-refractivity contribution in [2.24, 2.45) is 0 Å². The molecule has 0 radical (unpaired) electrons. The van der Waals surface area contributed by atoms with Gasteiger partial charge in [0.1, 0.15) is 11.6 Å². The maximum absolute atomic E-state index is 12.0. The normalized spacial score (nSPS) is 10.3. The molecule has 0 fully saturated rings. The second-order valence-corrected chi connectivity index (χ2v) is 5.15. The molecular formula is C17H18N6O2. The predicted octanol–water partition coefficient (Wildman–Crippen LogP) is 3.01. The monoisotopic (exact) mass is 338 g/mol. The summed E-state index contributed by atoms with van der Waals surface area (Å²) in [5.41, 5.74) is 1.15. The van der Waals surface area contributed by atoms with E-state index in [1.165, 1.54) is 0 Å². The van der Waals surface area contributed by atoms with Crippen LogP contribution in [0.3, 0.4) is 0 Å². The van der Waals surface area contributed by atoms with Gasteiger partial charge in [0.05, 0.1) is 24.7 Å². The Labute approximate surface area is 144 Å². The molecule has 0 saturated carbocycles. The van der Waals surface area contributed by atoms with E-state index < -0.39 is 0 Å². The van der Waals surface area contributed by atoms with Gasteiger partial charge in [0.25, 0.3) is 0 Å². The summed E-state index contributed by atoms with van der Waals surface area (Å²) < 4.78 is 7.11. The van der Waals surface area contributed by atoms with Gasteiger partial charge in [-0.25, -0.2) is 19.7 Å². The summed E-state index contributed by atoms with van der Waals surface area (Å²) in [5, 5.41) is 5.42. The number of ether oxygens (including phenoxy) is 1. The van der Waals surface area contributed by atoms with Crippen molar-refractivity contribution in [3.8, 4) is 11.7 Å². The van der Waals surface area contributed by atoms with Crippen LogP contribution < -0.4 is 15.4 Å². The Hall–Kier alpha value is -3.42. The minimum Gasteiger partial charge on any atom is -0.494 e. The summed E-state index contributed by atoms with van der Waals surface area (Å²) in [6.45, 7) is 4.38. The Morgan fingerprint density at radius 2 is 1.76 bits per heavy atom. The Bertz CT molecular complexity index is 842. The van der Waals surface area contributed by atoms with Crippen LogP contribution in [0.25, 0.3) is 5.95 Å². The van der Waals surface area contributed by atoms with Crippen LogP contribution in [0.5, 0.6) is 5.75 Å².